The normalized spacial score (nSPS) is 19.0. The van der Waals surface area contributed by atoms with Crippen molar-refractivity contribution in [2.24, 2.45) is 5.92 Å². The number of aryl methyl sites for hydroxylation is 4. The van der Waals surface area contributed by atoms with Crippen LogP contribution >= 0.6 is 0 Å². The van der Waals surface area contributed by atoms with Crippen LogP contribution in [0, 0.1) is 19.8 Å². The predicted molar refractivity (Wildman–Crippen MR) is 121 cm³/mol. The number of likely N-dealkylation sites (tertiary alicyclic amines) is 1. The number of carbonyl (C=O) groups excluding carboxylic acids is 1. The third-order valence-corrected chi connectivity index (χ3v) is 7.23. The standard InChI is InChI=1S/C26H31N3O/c1-4-29-18(3)24(17(2)27-29)16-28-14-6-8-21(15-28)26(30)23-13-12-20-11-10-19-7-5-9-22(23)25(19)20/h5,7,9,12-13,21H,4,6,8,10-11,14-16H2,1-3H3/t21-/m1/s1. The average Bonchev–Trinajstić information content (AvgIpc) is 3.31. The van der Waals surface area contributed by atoms with E-state index in [9.17, 15) is 4.79 Å². The van der Waals surface area contributed by atoms with Crippen LogP contribution in [-0.2, 0) is 25.9 Å². The van der Waals surface area contributed by atoms with E-state index in [1.807, 2.05) is 0 Å². The number of rotatable bonds is 5. The molecule has 0 spiro atoms. The van der Waals surface area contributed by atoms with Crippen molar-refractivity contribution in [2.45, 2.75) is 59.5 Å². The van der Waals surface area contributed by atoms with Crippen LogP contribution in [0.5, 0.6) is 0 Å². The van der Waals surface area contributed by atoms with Gasteiger partial charge in [0.25, 0.3) is 0 Å². The van der Waals surface area contributed by atoms with E-state index >= 15 is 0 Å². The van der Waals surface area contributed by atoms with Crippen LogP contribution in [0.1, 0.15) is 58.2 Å². The lowest BCUT2D eigenvalue weighted by molar-refractivity contribution is 0.0813. The van der Waals surface area contributed by atoms with E-state index in [2.05, 4.69) is 65.8 Å². The molecule has 30 heavy (non-hydrogen) atoms. The van der Waals surface area contributed by atoms with Crippen molar-refractivity contribution in [1.29, 1.82) is 0 Å². The molecule has 156 valence electrons. The third-order valence-electron chi connectivity index (χ3n) is 7.23. The first kappa shape index (κ1) is 19.5. The lowest BCUT2D eigenvalue weighted by atomic mass is 9.87. The molecule has 5 rings (SSSR count). The van der Waals surface area contributed by atoms with Crippen LogP contribution < -0.4 is 0 Å². The van der Waals surface area contributed by atoms with E-state index in [0.717, 1.165) is 63.1 Å². The minimum absolute atomic E-state index is 0.0824. The highest BCUT2D eigenvalue weighted by atomic mass is 16.1. The van der Waals surface area contributed by atoms with Gasteiger partial charge in [-0.05, 0) is 74.9 Å². The topological polar surface area (TPSA) is 38.1 Å². The molecule has 0 bridgehead atoms. The highest BCUT2D eigenvalue weighted by molar-refractivity contribution is 6.11. The maximum atomic E-state index is 13.6. The lowest BCUT2D eigenvalue weighted by Crippen LogP contribution is -2.38. The molecule has 1 aliphatic carbocycles. The fraction of sp³-hybridized carbons (Fsp3) is 0.462. The molecule has 0 N–H and O–H groups in total. The summed E-state index contributed by atoms with van der Waals surface area (Å²) in [6.45, 7) is 10.1. The Morgan fingerprint density at radius 2 is 1.93 bits per heavy atom. The minimum Gasteiger partial charge on any atom is -0.298 e. The quantitative estimate of drug-likeness (QED) is 0.573. The fourth-order valence-corrected chi connectivity index (χ4v) is 5.59. The van der Waals surface area contributed by atoms with E-state index in [-0.39, 0.29) is 5.92 Å². The summed E-state index contributed by atoms with van der Waals surface area (Å²) in [5, 5.41) is 7.18. The molecular formula is C26H31N3O. The number of benzene rings is 2. The van der Waals surface area contributed by atoms with Gasteiger partial charge < -0.3 is 0 Å². The first-order valence-electron chi connectivity index (χ1n) is 11.4. The van der Waals surface area contributed by atoms with Crippen LogP contribution in [0.2, 0.25) is 0 Å². The maximum Gasteiger partial charge on any atom is 0.167 e. The number of piperidine rings is 1. The summed E-state index contributed by atoms with van der Waals surface area (Å²) in [5.41, 5.74) is 7.44. The zero-order valence-corrected chi connectivity index (χ0v) is 18.4. The largest absolute Gasteiger partial charge is 0.298 e. The lowest BCUT2D eigenvalue weighted by Gasteiger charge is -2.32. The molecule has 0 amide bonds. The summed E-state index contributed by atoms with van der Waals surface area (Å²) in [6.07, 6.45) is 4.28. The van der Waals surface area contributed by atoms with Crippen LogP contribution in [0.15, 0.2) is 30.3 Å². The van der Waals surface area contributed by atoms with Gasteiger partial charge in [0.1, 0.15) is 0 Å². The van der Waals surface area contributed by atoms with Gasteiger partial charge >= 0.3 is 0 Å². The van der Waals surface area contributed by atoms with E-state index in [4.69, 9.17) is 0 Å². The number of ketones is 1. The van der Waals surface area contributed by atoms with Gasteiger partial charge in [-0.25, -0.2) is 0 Å². The second kappa shape index (κ2) is 7.66. The molecule has 1 aromatic heterocycles. The second-order valence-electron chi connectivity index (χ2n) is 9.02. The predicted octanol–water partition coefficient (Wildman–Crippen LogP) is 4.87. The summed E-state index contributed by atoms with van der Waals surface area (Å²) in [4.78, 5) is 16.1. The molecule has 4 nitrogen and oxygen atoms in total. The van der Waals surface area contributed by atoms with E-state index in [0.29, 0.717) is 5.78 Å². The summed E-state index contributed by atoms with van der Waals surface area (Å²) in [7, 11) is 0. The third kappa shape index (κ3) is 3.18. The van der Waals surface area contributed by atoms with Gasteiger partial charge in [-0.15, -0.1) is 0 Å². The van der Waals surface area contributed by atoms with E-state index in [1.54, 1.807) is 0 Å². The second-order valence-corrected chi connectivity index (χ2v) is 9.02. The van der Waals surface area contributed by atoms with E-state index < -0.39 is 0 Å². The molecule has 0 unspecified atom stereocenters. The number of carbonyl (C=O) groups is 1. The average molecular weight is 402 g/mol. The number of Topliss-reactive ketones (excluding diaryl/α,β-unsaturated/α-hetero) is 1. The summed E-state index contributed by atoms with van der Waals surface area (Å²) in [6, 6.07) is 10.8. The Labute approximate surface area is 178 Å². The van der Waals surface area contributed by atoms with Crippen LogP contribution in [0.4, 0.5) is 0 Å². The van der Waals surface area contributed by atoms with Gasteiger partial charge in [0.15, 0.2) is 5.78 Å². The van der Waals surface area contributed by atoms with Crippen molar-refractivity contribution in [3.63, 3.8) is 0 Å². The van der Waals surface area contributed by atoms with Crippen LogP contribution in [0.25, 0.3) is 10.8 Å². The molecule has 0 radical (unpaired) electrons. The van der Waals surface area contributed by atoms with Crippen molar-refractivity contribution >= 4 is 16.6 Å². The summed E-state index contributed by atoms with van der Waals surface area (Å²) < 4.78 is 2.09. The smallest absolute Gasteiger partial charge is 0.167 e. The van der Waals surface area contributed by atoms with Crippen molar-refractivity contribution in [1.82, 2.24) is 14.7 Å². The van der Waals surface area contributed by atoms with Crippen molar-refractivity contribution in [3.05, 3.63) is 64.0 Å². The Morgan fingerprint density at radius 3 is 2.70 bits per heavy atom. The molecule has 0 saturated carbocycles. The zero-order chi connectivity index (χ0) is 20.8. The highest BCUT2D eigenvalue weighted by Crippen LogP contribution is 2.34. The van der Waals surface area contributed by atoms with Crippen molar-refractivity contribution in [2.75, 3.05) is 13.1 Å². The van der Waals surface area contributed by atoms with Gasteiger partial charge in [-0.3, -0.25) is 14.4 Å². The molecule has 1 fully saturated rings. The summed E-state index contributed by atoms with van der Waals surface area (Å²) >= 11 is 0. The number of aromatic nitrogens is 2. The molecule has 2 aromatic carbocycles. The Bertz CT molecular complexity index is 1120. The van der Waals surface area contributed by atoms with Gasteiger partial charge in [0.05, 0.1) is 5.69 Å². The Kier molecular flexibility index (Phi) is 4.98. The molecule has 3 aromatic rings. The van der Waals surface area contributed by atoms with Gasteiger partial charge in [0, 0.05) is 42.4 Å². The number of hydrogen-bond donors (Lipinski definition) is 0. The van der Waals surface area contributed by atoms with Crippen molar-refractivity contribution in [3.8, 4) is 0 Å². The molecular weight excluding hydrogens is 370 g/mol. The number of nitrogens with zero attached hydrogens (tertiary/aromatic N) is 3. The Balaban J connectivity index is 1.39. The first-order chi connectivity index (χ1) is 14.6. The molecule has 1 aliphatic heterocycles. The zero-order valence-electron chi connectivity index (χ0n) is 18.4. The van der Waals surface area contributed by atoms with Crippen LogP contribution in [0.3, 0.4) is 0 Å². The van der Waals surface area contributed by atoms with Crippen LogP contribution in [-0.4, -0.2) is 33.6 Å². The molecule has 1 saturated heterocycles. The molecule has 2 heterocycles. The minimum atomic E-state index is 0.0824. The summed E-state index contributed by atoms with van der Waals surface area (Å²) in [5.74, 6) is 0.409. The van der Waals surface area contributed by atoms with Crippen molar-refractivity contribution < 1.29 is 4.79 Å². The molecule has 2 aliphatic rings. The van der Waals surface area contributed by atoms with E-state index in [1.165, 1.54) is 33.2 Å². The monoisotopic (exact) mass is 401 g/mol. The molecule has 4 heteroatoms. The first-order valence-corrected chi connectivity index (χ1v) is 11.4. The highest BCUT2D eigenvalue weighted by Gasteiger charge is 2.29. The van der Waals surface area contributed by atoms with Gasteiger partial charge in [-0.1, -0.05) is 30.3 Å². The molecule has 1 atom stereocenters. The SMILES string of the molecule is CCn1nc(C)c(CN2CCC[C@@H](C(=O)c3ccc4c5c(cccc35)CC4)C2)c1C. The van der Waals surface area contributed by atoms with Gasteiger partial charge in [0.2, 0.25) is 0 Å². The maximum absolute atomic E-state index is 13.6. The number of hydrogen-bond acceptors (Lipinski definition) is 3. The Hall–Kier alpha value is -2.46. The Morgan fingerprint density at radius 1 is 1.13 bits per heavy atom. The van der Waals surface area contributed by atoms with Gasteiger partial charge in [-0.2, -0.15) is 5.10 Å². The fourth-order valence-electron chi connectivity index (χ4n) is 5.59.